The predicted octanol–water partition coefficient (Wildman–Crippen LogP) is 2.25. The summed E-state index contributed by atoms with van der Waals surface area (Å²) in [6.07, 6.45) is 1.00. The highest BCUT2D eigenvalue weighted by Crippen LogP contribution is 2.30. The number of carbonyl (C=O) groups excluding carboxylic acids is 1. The lowest BCUT2D eigenvalue weighted by molar-refractivity contribution is 0.0137. The zero-order chi connectivity index (χ0) is 13.0. The molecule has 1 N–H and O–H groups in total. The third-order valence-corrected chi connectivity index (χ3v) is 4.61. The van der Waals surface area contributed by atoms with Crippen LogP contribution in [0.5, 0.6) is 0 Å². The minimum Gasteiger partial charge on any atom is -0.376 e. The van der Waals surface area contributed by atoms with Crippen molar-refractivity contribution in [3.05, 3.63) is 35.4 Å². The third-order valence-electron chi connectivity index (χ3n) is 3.39. The molecule has 1 amide bonds. The molecule has 1 saturated heterocycles. The van der Waals surface area contributed by atoms with Crippen molar-refractivity contribution in [3.8, 4) is 0 Å². The van der Waals surface area contributed by atoms with E-state index in [0.717, 1.165) is 23.5 Å². The Balaban J connectivity index is 1.93. The lowest BCUT2D eigenvalue weighted by atomic mass is 10.0. The smallest absolute Gasteiger partial charge is 0.251 e. The average molecular weight is 265 g/mol. The summed E-state index contributed by atoms with van der Waals surface area (Å²) in [5.41, 5.74) is 1.69. The van der Waals surface area contributed by atoms with Crippen molar-refractivity contribution in [1.82, 2.24) is 5.32 Å². The van der Waals surface area contributed by atoms with Gasteiger partial charge in [-0.1, -0.05) is 17.7 Å². The van der Waals surface area contributed by atoms with Crippen LogP contribution in [0.15, 0.2) is 24.3 Å². The number of hydrogen-bond acceptors (Lipinski definition) is 3. The number of hydrogen-bond donors (Lipinski definition) is 1. The summed E-state index contributed by atoms with van der Waals surface area (Å²) in [6.45, 7) is 2.60. The van der Waals surface area contributed by atoms with Gasteiger partial charge in [-0.2, -0.15) is 11.8 Å². The first-order valence-electron chi connectivity index (χ1n) is 6.13. The largest absolute Gasteiger partial charge is 0.376 e. The van der Waals surface area contributed by atoms with E-state index in [4.69, 9.17) is 4.74 Å². The lowest BCUT2D eigenvalue weighted by Gasteiger charge is -2.26. The molecule has 18 heavy (non-hydrogen) atoms. The second-order valence-electron chi connectivity index (χ2n) is 4.74. The summed E-state index contributed by atoms with van der Waals surface area (Å²) in [5, 5.41) is 2.97. The van der Waals surface area contributed by atoms with Crippen LogP contribution < -0.4 is 5.32 Å². The third kappa shape index (κ3) is 3.06. The molecule has 0 aromatic heterocycles. The van der Waals surface area contributed by atoms with Crippen LogP contribution in [-0.4, -0.2) is 36.7 Å². The molecule has 2 rings (SSSR count). The number of aryl methyl sites for hydroxylation is 1. The van der Waals surface area contributed by atoms with E-state index in [-0.39, 0.29) is 11.5 Å². The molecule has 1 unspecified atom stereocenters. The fourth-order valence-corrected chi connectivity index (χ4v) is 3.41. The van der Waals surface area contributed by atoms with E-state index < -0.39 is 0 Å². The van der Waals surface area contributed by atoms with Crippen molar-refractivity contribution in [3.63, 3.8) is 0 Å². The minimum atomic E-state index is -0.176. The van der Waals surface area contributed by atoms with Crippen LogP contribution in [0.3, 0.4) is 0 Å². The van der Waals surface area contributed by atoms with E-state index in [1.807, 2.05) is 43.0 Å². The zero-order valence-electron chi connectivity index (χ0n) is 10.9. The Kier molecular flexibility index (Phi) is 4.30. The van der Waals surface area contributed by atoms with Gasteiger partial charge in [-0.15, -0.1) is 0 Å². The van der Waals surface area contributed by atoms with Gasteiger partial charge in [-0.05, 0) is 31.2 Å². The number of ether oxygens (including phenoxy) is 1. The van der Waals surface area contributed by atoms with Crippen LogP contribution in [0.4, 0.5) is 0 Å². The summed E-state index contributed by atoms with van der Waals surface area (Å²) in [4.78, 5) is 12.0. The second-order valence-corrected chi connectivity index (χ2v) is 5.84. The molecule has 0 aliphatic carbocycles. The SMILES string of the molecule is COC1(CNC(=O)c2ccc(C)cc2)CCSC1. The number of rotatable bonds is 4. The lowest BCUT2D eigenvalue weighted by Crippen LogP contribution is -2.44. The van der Waals surface area contributed by atoms with E-state index in [9.17, 15) is 4.79 Å². The molecule has 0 spiro atoms. The maximum Gasteiger partial charge on any atom is 0.251 e. The number of benzene rings is 1. The monoisotopic (exact) mass is 265 g/mol. The van der Waals surface area contributed by atoms with Crippen LogP contribution in [0.1, 0.15) is 22.3 Å². The molecule has 1 aromatic rings. The predicted molar refractivity (Wildman–Crippen MR) is 75.2 cm³/mol. The van der Waals surface area contributed by atoms with E-state index in [1.54, 1.807) is 7.11 Å². The van der Waals surface area contributed by atoms with Gasteiger partial charge >= 0.3 is 0 Å². The van der Waals surface area contributed by atoms with Crippen molar-refractivity contribution in [1.29, 1.82) is 0 Å². The van der Waals surface area contributed by atoms with Crippen molar-refractivity contribution in [2.24, 2.45) is 0 Å². The summed E-state index contributed by atoms with van der Waals surface area (Å²) < 4.78 is 5.57. The molecule has 4 heteroatoms. The first-order chi connectivity index (χ1) is 8.65. The van der Waals surface area contributed by atoms with Gasteiger partial charge in [-0.3, -0.25) is 4.79 Å². The van der Waals surface area contributed by atoms with Gasteiger partial charge in [0.1, 0.15) is 0 Å². The van der Waals surface area contributed by atoms with Gasteiger partial charge in [0.05, 0.1) is 5.60 Å². The van der Waals surface area contributed by atoms with Gasteiger partial charge < -0.3 is 10.1 Å². The summed E-state index contributed by atoms with van der Waals surface area (Å²) >= 11 is 1.88. The van der Waals surface area contributed by atoms with E-state index in [0.29, 0.717) is 12.1 Å². The van der Waals surface area contributed by atoms with Crippen molar-refractivity contribution in [2.75, 3.05) is 25.2 Å². The Hall–Kier alpha value is -1.00. The zero-order valence-corrected chi connectivity index (χ0v) is 11.7. The quantitative estimate of drug-likeness (QED) is 0.907. The van der Waals surface area contributed by atoms with Crippen molar-refractivity contribution < 1.29 is 9.53 Å². The molecule has 0 bridgehead atoms. The average Bonchev–Trinajstić information content (AvgIpc) is 2.86. The van der Waals surface area contributed by atoms with Gasteiger partial charge in [0, 0.05) is 25.0 Å². The molecule has 1 fully saturated rings. The summed E-state index contributed by atoms with van der Waals surface area (Å²) in [6, 6.07) is 7.61. The maximum absolute atomic E-state index is 12.0. The molecule has 1 atom stereocenters. The molecule has 98 valence electrons. The molecule has 3 nitrogen and oxygen atoms in total. The van der Waals surface area contributed by atoms with Gasteiger partial charge in [0.15, 0.2) is 0 Å². The number of nitrogens with one attached hydrogen (secondary N) is 1. The number of carbonyl (C=O) groups is 1. The molecule has 0 saturated carbocycles. The topological polar surface area (TPSA) is 38.3 Å². The molecule has 1 aromatic carbocycles. The van der Waals surface area contributed by atoms with Crippen molar-refractivity contribution in [2.45, 2.75) is 18.9 Å². The Labute approximate surface area is 112 Å². The van der Waals surface area contributed by atoms with Crippen LogP contribution in [0.25, 0.3) is 0 Å². The van der Waals surface area contributed by atoms with Crippen LogP contribution in [0.2, 0.25) is 0 Å². The highest BCUT2D eigenvalue weighted by molar-refractivity contribution is 7.99. The fraction of sp³-hybridized carbons (Fsp3) is 0.500. The van der Waals surface area contributed by atoms with E-state index >= 15 is 0 Å². The van der Waals surface area contributed by atoms with Crippen LogP contribution in [0, 0.1) is 6.92 Å². The van der Waals surface area contributed by atoms with Gasteiger partial charge in [0.2, 0.25) is 0 Å². The highest BCUT2D eigenvalue weighted by Gasteiger charge is 2.34. The molecular formula is C14H19NO2S. The first-order valence-corrected chi connectivity index (χ1v) is 7.28. The Morgan fingerprint density at radius 1 is 1.44 bits per heavy atom. The Morgan fingerprint density at radius 3 is 2.72 bits per heavy atom. The standard InChI is InChI=1S/C14H19NO2S/c1-11-3-5-12(6-4-11)13(16)15-9-14(17-2)7-8-18-10-14/h3-6H,7-10H2,1-2H3,(H,15,16). The molecule has 1 aliphatic heterocycles. The second kappa shape index (κ2) is 5.76. The molecule has 1 aliphatic rings. The minimum absolute atomic E-state index is 0.0247. The fourth-order valence-electron chi connectivity index (χ4n) is 2.01. The van der Waals surface area contributed by atoms with Crippen molar-refractivity contribution >= 4 is 17.7 Å². The summed E-state index contributed by atoms with van der Waals surface area (Å²) in [5.74, 6) is 2.04. The van der Waals surface area contributed by atoms with Crippen LogP contribution in [-0.2, 0) is 4.74 Å². The van der Waals surface area contributed by atoms with Crippen LogP contribution >= 0.6 is 11.8 Å². The number of amides is 1. The first kappa shape index (κ1) is 13.4. The Bertz CT molecular complexity index is 410. The molecular weight excluding hydrogens is 246 g/mol. The Morgan fingerprint density at radius 2 is 2.17 bits per heavy atom. The highest BCUT2D eigenvalue weighted by atomic mass is 32.2. The molecule has 0 radical (unpaired) electrons. The van der Waals surface area contributed by atoms with Gasteiger partial charge in [-0.25, -0.2) is 0 Å². The van der Waals surface area contributed by atoms with E-state index in [2.05, 4.69) is 5.32 Å². The normalized spacial score (nSPS) is 23.0. The molecule has 1 heterocycles. The summed E-state index contributed by atoms with van der Waals surface area (Å²) in [7, 11) is 1.73. The maximum atomic E-state index is 12.0. The number of methoxy groups -OCH3 is 1. The number of thioether (sulfide) groups is 1. The van der Waals surface area contributed by atoms with Gasteiger partial charge in [0.25, 0.3) is 5.91 Å². The van der Waals surface area contributed by atoms with E-state index in [1.165, 1.54) is 0 Å².